The quantitative estimate of drug-likeness (QED) is 0.764. The van der Waals surface area contributed by atoms with Gasteiger partial charge in [-0.1, -0.05) is 0 Å². The van der Waals surface area contributed by atoms with Crippen molar-refractivity contribution in [2.24, 2.45) is 0 Å². The van der Waals surface area contributed by atoms with Crippen molar-refractivity contribution >= 4 is 28.2 Å². The normalized spacial score (nSPS) is 10.6. The van der Waals surface area contributed by atoms with Crippen LogP contribution in [0.15, 0.2) is 18.2 Å². The minimum absolute atomic E-state index is 0.242. The third-order valence-corrected chi connectivity index (χ3v) is 4.90. The molecule has 6 nitrogen and oxygen atoms in total. The standard InChI is InChI=1S/C19H23NO5S/c1-10(2)25-19(22)16-11(3)12(4)26-18(16)20-17(21)13-7-14(23-5)9-15(8-13)24-6/h7-10H,1-6H3,(H,20,21). The Bertz CT molecular complexity index is 803. The summed E-state index contributed by atoms with van der Waals surface area (Å²) in [6.07, 6.45) is -0.242. The predicted octanol–water partition coefficient (Wildman–Crippen LogP) is 4.20. The predicted molar refractivity (Wildman–Crippen MR) is 102 cm³/mol. The molecule has 2 rings (SSSR count). The van der Waals surface area contributed by atoms with E-state index in [1.165, 1.54) is 25.6 Å². The second-order valence-corrected chi connectivity index (χ2v) is 7.22. The minimum Gasteiger partial charge on any atom is -0.497 e. The first kappa shape index (κ1) is 19.8. The number of benzene rings is 1. The van der Waals surface area contributed by atoms with Crippen LogP contribution in [0.1, 0.15) is 45.0 Å². The topological polar surface area (TPSA) is 73.9 Å². The van der Waals surface area contributed by atoms with Crippen molar-refractivity contribution in [2.45, 2.75) is 33.8 Å². The van der Waals surface area contributed by atoms with E-state index in [0.29, 0.717) is 27.6 Å². The molecule has 0 bridgehead atoms. The van der Waals surface area contributed by atoms with Gasteiger partial charge in [-0.2, -0.15) is 0 Å². The van der Waals surface area contributed by atoms with Gasteiger partial charge in [-0.3, -0.25) is 4.79 Å². The van der Waals surface area contributed by atoms with Gasteiger partial charge in [0.05, 0.1) is 25.9 Å². The molecule has 0 unspecified atom stereocenters. The Morgan fingerprint density at radius 1 is 1.04 bits per heavy atom. The molecule has 0 atom stereocenters. The first-order valence-corrected chi connectivity index (χ1v) is 8.93. The lowest BCUT2D eigenvalue weighted by atomic mass is 10.1. The molecule has 1 aromatic heterocycles. The number of carbonyl (C=O) groups is 2. The van der Waals surface area contributed by atoms with Crippen molar-refractivity contribution in [1.82, 2.24) is 0 Å². The summed E-state index contributed by atoms with van der Waals surface area (Å²) in [6, 6.07) is 4.90. The van der Waals surface area contributed by atoms with E-state index in [2.05, 4.69) is 5.32 Å². The first-order chi connectivity index (χ1) is 12.3. The monoisotopic (exact) mass is 377 g/mol. The molecule has 1 aromatic carbocycles. The maximum atomic E-state index is 12.7. The molecular weight excluding hydrogens is 354 g/mol. The lowest BCUT2D eigenvalue weighted by Crippen LogP contribution is -2.17. The summed E-state index contributed by atoms with van der Waals surface area (Å²) >= 11 is 1.34. The van der Waals surface area contributed by atoms with Crippen molar-refractivity contribution in [3.05, 3.63) is 39.8 Å². The number of ether oxygens (including phenoxy) is 3. The largest absolute Gasteiger partial charge is 0.497 e. The van der Waals surface area contributed by atoms with Crippen LogP contribution in [-0.2, 0) is 4.74 Å². The number of hydrogen-bond donors (Lipinski definition) is 1. The zero-order valence-corrected chi connectivity index (χ0v) is 16.6. The Kier molecular flexibility index (Phi) is 6.26. The van der Waals surface area contributed by atoms with Crippen molar-refractivity contribution in [2.75, 3.05) is 19.5 Å². The van der Waals surface area contributed by atoms with Crippen LogP contribution in [0.3, 0.4) is 0 Å². The lowest BCUT2D eigenvalue weighted by Gasteiger charge is -2.11. The van der Waals surface area contributed by atoms with E-state index < -0.39 is 5.97 Å². The van der Waals surface area contributed by atoms with Gasteiger partial charge in [0.1, 0.15) is 16.5 Å². The maximum absolute atomic E-state index is 12.7. The minimum atomic E-state index is -0.444. The fourth-order valence-electron chi connectivity index (χ4n) is 2.35. The second-order valence-electron chi connectivity index (χ2n) is 6.00. The summed E-state index contributed by atoms with van der Waals surface area (Å²) in [5, 5.41) is 3.28. The van der Waals surface area contributed by atoms with E-state index in [1.54, 1.807) is 32.0 Å². The van der Waals surface area contributed by atoms with Crippen molar-refractivity contribution < 1.29 is 23.8 Å². The number of amides is 1. The fourth-order valence-corrected chi connectivity index (χ4v) is 3.39. The fraction of sp³-hybridized carbons (Fsp3) is 0.368. The van der Waals surface area contributed by atoms with E-state index in [-0.39, 0.29) is 12.0 Å². The molecule has 140 valence electrons. The number of carbonyl (C=O) groups excluding carboxylic acids is 2. The number of esters is 1. The molecule has 1 amide bonds. The molecule has 0 saturated carbocycles. The maximum Gasteiger partial charge on any atom is 0.341 e. The molecule has 26 heavy (non-hydrogen) atoms. The zero-order valence-electron chi connectivity index (χ0n) is 15.8. The number of aryl methyl sites for hydroxylation is 1. The molecule has 0 spiro atoms. The molecule has 1 N–H and O–H groups in total. The Labute approximate surface area is 157 Å². The highest BCUT2D eigenvalue weighted by Crippen LogP contribution is 2.34. The average Bonchev–Trinajstić information content (AvgIpc) is 2.87. The van der Waals surface area contributed by atoms with Gasteiger partial charge in [0, 0.05) is 16.5 Å². The lowest BCUT2D eigenvalue weighted by molar-refractivity contribution is 0.0379. The van der Waals surface area contributed by atoms with Gasteiger partial charge in [-0.25, -0.2) is 4.79 Å². The van der Waals surface area contributed by atoms with Crippen LogP contribution in [-0.4, -0.2) is 32.2 Å². The number of rotatable bonds is 6. The molecular formula is C19H23NO5S. The molecule has 1 heterocycles. The van der Waals surface area contributed by atoms with Crippen LogP contribution in [0, 0.1) is 13.8 Å². The molecule has 0 aliphatic rings. The van der Waals surface area contributed by atoms with E-state index in [4.69, 9.17) is 14.2 Å². The summed E-state index contributed by atoms with van der Waals surface area (Å²) in [5.74, 6) is 0.211. The van der Waals surface area contributed by atoms with E-state index in [1.807, 2.05) is 13.8 Å². The molecule has 0 aliphatic heterocycles. The number of anilines is 1. The van der Waals surface area contributed by atoms with Gasteiger partial charge < -0.3 is 19.5 Å². The smallest absolute Gasteiger partial charge is 0.341 e. The summed E-state index contributed by atoms with van der Waals surface area (Å²) in [6.45, 7) is 7.31. The highest BCUT2D eigenvalue weighted by atomic mass is 32.1. The van der Waals surface area contributed by atoms with Gasteiger partial charge in [0.2, 0.25) is 0 Å². The van der Waals surface area contributed by atoms with Gasteiger partial charge in [-0.15, -0.1) is 11.3 Å². The summed E-state index contributed by atoms with van der Waals surface area (Å²) in [7, 11) is 3.03. The van der Waals surface area contributed by atoms with Crippen LogP contribution in [0.5, 0.6) is 11.5 Å². The van der Waals surface area contributed by atoms with Gasteiger partial charge in [0.15, 0.2) is 0 Å². The van der Waals surface area contributed by atoms with E-state index >= 15 is 0 Å². The molecule has 2 aromatic rings. The molecule has 0 fully saturated rings. The number of nitrogens with one attached hydrogen (secondary N) is 1. The Hall–Kier alpha value is -2.54. The van der Waals surface area contributed by atoms with Gasteiger partial charge in [-0.05, 0) is 45.4 Å². The van der Waals surface area contributed by atoms with E-state index in [9.17, 15) is 9.59 Å². The Morgan fingerprint density at radius 2 is 1.62 bits per heavy atom. The highest BCUT2D eigenvalue weighted by molar-refractivity contribution is 7.16. The number of hydrogen-bond acceptors (Lipinski definition) is 6. The van der Waals surface area contributed by atoms with Crippen molar-refractivity contribution in [3.63, 3.8) is 0 Å². The average molecular weight is 377 g/mol. The highest BCUT2D eigenvalue weighted by Gasteiger charge is 2.23. The van der Waals surface area contributed by atoms with Gasteiger partial charge in [0.25, 0.3) is 5.91 Å². The third-order valence-electron chi connectivity index (χ3n) is 3.77. The third kappa shape index (κ3) is 4.35. The molecule has 0 aliphatic carbocycles. The Balaban J connectivity index is 2.35. The number of thiophene rings is 1. The van der Waals surface area contributed by atoms with Crippen LogP contribution >= 0.6 is 11.3 Å². The Morgan fingerprint density at radius 3 is 2.12 bits per heavy atom. The summed E-state index contributed by atoms with van der Waals surface area (Å²) < 4.78 is 15.7. The zero-order chi connectivity index (χ0) is 19.4. The second kappa shape index (κ2) is 8.23. The first-order valence-electron chi connectivity index (χ1n) is 8.12. The van der Waals surface area contributed by atoms with Gasteiger partial charge >= 0.3 is 5.97 Å². The van der Waals surface area contributed by atoms with Crippen molar-refractivity contribution in [1.29, 1.82) is 0 Å². The van der Waals surface area contributed by atoms with Crippen LogP contribution in [0.4, 0.5) is 5.00 Å². The van der Waals surface area contributed by atoms with Crippen LogP contribution in [0.25, 0.3) is 0 Å². The van der Waals surface area contributed by atoms with Crippen LogP contribution in [0.2, 0.25) is 0 Å². The molecule has 7 heteroatoms. The van der Waals surface area contributed by atoms with Crippen molar-refractivity contribution in [3.8, 4) is 11.5 Å². The van der Waals surface area contributed by atoms with Crippen LogP contribution < -0.4 is 14.8 Å². The SMILES string of the molecule is COc1cc(OC)cc(C(=O)Nc2sc(C)c(C)c2C(=O)OC(C)C)c1. The molecule has 0 radical (unpaired) electrons. The van der Waals surface area contributed by atoms with E-state index in [0.717, 1.165) is 10.4 Å². The summed E-state index contributed by atoms with van der Waals surface area (Å²) in [4.78, 5) is 26.1. The molecule has 0 saturated heterocycles. The summed E-state index contributed by atoms with van der Waals surface area (Å²) in [5.41, 5.74) is 1.57. The number of methoxy groups -OCH3 is 2.